The zero-order chi connectivity index (χ0) is 14.8. The van der Waals surface area contributed by atoms with Crippen LogP contribution >= 0.6 is 11.8 Å². The lowest BCUT2D eigenvalue weighted by Crippen LogP contribution is -2.24. The van der Waals surface area contributed by atoms with Gasteiger partial charge in [-0.3, -0.25) is 4.79 Å². The minimum Gasteiger partial charge on any atom is -0.459 e. The van der Waals surface area contributed by atoms with Gasteiger partial charge < -0.3 is 10.5 Å². The molecule has 5 nitrogen and oxygen atoms in total. The van der Waals surface area contributed by atoms with Gasteiger partial charge >= 0.3 is 5.97 Å². The molecule has 20 heavy (non-hydrogen) atoms. The van der Waals surface area contributed by atoms with Gasteiger partial charge in [0.1, 0.15) is 17.0 Å². The van der Waals surface area contributed by atoms with Gasteiger partial charge in [-0.25, -0.2) is 9.97 Å². The number of rotatable bonds is 3. The molecule has 2 N–H and O–H groups in total. The van der Waals surface area contributed by atoms with E-state index in [9.17, 15) is 4.79 Å². The van der Waals surface area contributed by atoms with E-state index in [1.807, 2.05) is 26.8 Å². The van der Waals surface area contributed by atoms with Gasteiger partial charge in [-0.2, -0.15) is 0 Å². The highest BCUT2D eigenvalue weighted by atomic mass is 32.2. The number of hydrogen-bond acceptors (Lipinski definition) is 6. The molecule has 0 fully saturated rings. The average Bonchev–Trinajstić information content (AvgIpc) is 2.33. The first-order valence-corrected chi connectivity index (χ1v) is 7.18. The van der Waals surface area contributed by atoms with Crippen LogP contribution in [0.15, 0.2) is 29.6 Å². The molecule has 2 aromatic rings. The number of nitrogens with zero attached hydrogens (tertiary/aromatic N) is 2. The van der Waals surface area contributed by atoms with E-state index in [0.717, 1.165) is 15.9 Å². The molecular weight excluding hydrogens is 274 g/mol. The maximum absolute atomic E-state index is 11.7. The van der Waals surface area contributed by atoms with Crippen LogP contribution in [0.2, 0.25) is 0 Å². The molecule has 0 aliphatic rings. The summed E-state index contributed by atoms with van der Waals surface area (Å²) in [6, 6.07) is 5.44. The first-order chi connectivity index (χ1) is 9.35. The quantitative estimate of drug-likeness (QED) is 0.405. The second-order valence-electron chi connectivity index (χ2n) is 5.33. The Kier molecular flexibility index (Phi) is 4.13. The Morgan fingerprint density at radius 2 is 2.10 bits per heavy atom. The Morgan fingerprint density at radius 3 is 2.80 bits per heavy atom. The molecule has 0 spiro atoms. The number of esters is 1. The maximum atomic E-state index is 11.7. The van der Waals surface area contributed by atoms with Crippen molar-refractivity contribution < 1.29 is 9.53 Å². The summed E-state index contributed by atoms with van der Waals surface area (Å²) < 4.78 is 5.27. The molecule has 2 rings (SSSR count). The van der Waals surface area contributed by atoms with Crippen molar-refractivity contribution in [3.8, 4) is 0 Å². The van der Waals surface area contributed by atoms with Crippen LogP contribution in [-0.2, 0) is 9.53 Å². The summed E-state index contributed by atoms with van der Waals surface area (Å²) in [7, 11) is 0. The standard InChI is InChI=1S/C14H17N3O2S/c1-14(2,3)19-12(18)7-20-13-10-5-4-9(15)6-11(10)16-8-17-13/h4-6,8H,7,15H2,1-3H3. The van der Waals surface area contributed by atoms with E-state index in [2.05, 4.69) is 9.97 Å². The zero-order valence-electron chi connectivity index (χ0n) is 11.7. The molecule has 0 saturated heterocycles. The van der Waals surface area contributed by atoms with E-state index in [1.54, 1.807) is 12.1 Å². The minimum atomic E-state index is -0.472. The number of thioether (sulfide) groups is 1. The number of benzene rings is 1. The Labute approximate surface area is 121 Å². The summed E-state index contributed by atoms with van der Waals surface area (Å²) >= 11 is 1.34. The number of hydrogen-bond donors (Lipinski definition) is 1. The lowest BCUT2D eigenvalue weighted by atomic mass is 10.2. The molecule has 0 aliphatic heterocycles. The molecule has 0 amide bonds. The first-order valence-electron chi connectivity index (χ1n) is 6.20. The summed E-state index contributed by atoms with van der Waals surface area (Å²) in [4.78, 5) is 20.1. The molecule has 106 valence electrons. The summed E-state index contributed by atoms with van der Waals surface area (Å²) in [5.41, 5.74) is 6.67. The zero-order valence-corrected chi connectivity index (χ0v) is 12.5. The SMILES string of the molecule is CC(C)(C)OC(=O)CSc1ncnc2cc(N)ccc12. The lowest BCUT2D eigenvalue weighted by Gasteiger charge is -2.19. The second-order valence-corrected chi connectivity index (χ2v) is 6.29. The summed E-state index contributed by atoms with van der Waals surface area (Å²) in [5.74, 6) is -0.0435. The molecule has 1 aromatic heterocycles. The largest absolute Gasteiger partial charge is 0.459 e. The van der Waals surface area contributed by atoms with Crippen LogP contribution in [-0.4, -0.2) is 27.3 Å². The number of fused-ring (bicyclic) bond motifs is 1. The number of aromatic nitrogens is 2. The number of nitrogen functional groups attached to an aromatic ring is 1. The summed E-state index contributed by atoms with van der Waals surface area (Å²) in [6.07, 6.45) is 1.47. The van der Waals surface area contributed by atoms with Crippen LogP contribution in [0.3, 0.4) is 0 Å². The molecular formula is C14H17N3O2S. The van der Waals surface area contributed by atoms with E-state index < -0.39 is 5.60 Å². The fourth-order valence-electron chi connectivity index (χ4n) is 1.66. The Bertz CT molecular complexity index is 638. The Hall–Kier alpha value is -1.82. The predicted molar refractivity (Wildman–Crippen MR) is 80.5 cm³/mol. The van der Waals surface area contributed by atoms with Crippen LogP contribution in [0.4, 0.5) is 5.69 Å². The van der Waals surface area contributed by atoms with Crippen LogP contribution in [0.1, 0.15) is 20.8 Å². The number of anilines is 1. The van der Waals surface area contributed by atoms with Crippen molar-refractivity contribution in [2.75, 3.05) is 11.5 Å². The molecule has 0 radical (unpaired) electrons. The third kappa shape index (κ3) is 3.84. The fourth-order valence-corrected chi connectivity index (χ4v) is 2.43. The fraction of sp³-hybridized carbons (Fsp3) is 0.357. The molecule has 1 aromatic carbocycles. The average molecular weight is 291 g/mol. The lowest BCUT2D eigenvalue weighted by molar-refractivity contribution is -0.151. The number of ether oxygens (including phenoxy) is 1. The van der Waals surface area contributed by atoms with Crippen LogP contribution in [0, 0.1) is 0 Å². The highest BCUT2D eigenvalue weighted by molar-refractivity contribution is 8.00. The number of carbonyl (C=O) groups is 1. The van der Waals surface area contributed by atoms with E-state index >= 15 is 0 Å². The summed E-state index contributed by atoms with van der Waals surface area (Å²) in [6.45, 7) is 5.54. The van der Waals surface area contributed by atoms with Crippen molar-refractivity contribution in [2.24, 2.45) is 0 Å². The first kappa shape index (κ1) is 14.6. The third-order valence-corrected chi connectivity index (χ3v) is 3.35. The molecule has 0 saturated carbocycles. The van der Waals surface area contributed by atoms with Crippen LogP contribution < -0.4 is 5.73 Å². The topological polar surface area (TPSA) is 78.1 Å². The molecule has 0 unspecified atom stereocenters. The van der Waals surface area contributed by atoms with Crippen LogP contribution in [0.5, 0.6) is 0 Å². The van der Waals surface area contributed by atoms with Gasteiger partial charge in [0.15, 0.2) is 0 Å². The normalized spacial score (nSPS) is 11.6. The maximum Gasteiger partial charge on any atom is 0.316 e. The van der Waals surface area contributed by atoms with E-state index in [4.69, 9.17) is 10.5 Å². The van der Waals surface area contributed by atoms with Gasteiger partial charge in [0.2, 0.25) is 0 Å². The van der Waals surface area contributed by atoms with E-state index in [0.29, 0.717) is 5.69 Å². The van der Waals surface area contributed by atoms with Gasteiger partial charge in [0.05, 0.1) is 11.3 Å². The van der Waals surface area contributed by atoms with Crippen molar-refractivity contribution in [2.45, 2.75) is 31.4 Å². The van der Waals surface area contributed by atoms with Gasteiger partial charge in [0.25, 0.3) is 0 Å². The number of nitrogens with two attached hydrogens (primary N) is 1. The minimum absolute atomic E-state index is 0.216. The van der Waals surface area contributed by atoms with Crippen molar-refractivity contribution >= 4 is 34.3 Å². The van der Waals surface area contributed by atoms with E-state index in [1.165, 1.54) is 18.1 Å². The Morgan fingerprint density at radius 1 is 1.35 bits per heavy atom. The smallest absolute Gasteiger partial charge is 0.316 e. The summed E-state index contributed by atoms with van der Waals surface area (Å²) in [5, 5.41) is 1.64. The van der Waals surface area contributed by atoms with Gasteiger partial charge in [0, 0.05) is 11.1 Å². The van der Waals surface area contributed by atoms with Gasteiger partial charge in [-0.05, 0) is 39.0 Å². The van der Waals surface area contributed by atoms with Crippen molar-refractivity contribution in [1.82, 2.24) is 9.97 Å². The molecule has 1 heterocycles. The molecule has 0 atom stereocenters. The van der Waals surface area contributed by atoms with E-state index in [-0.39, 0.29) is 11.7 Å². The molecule has 0 aliphatic carbocycles. The van der Waals surface area contributed by atoms with Crippen LogP contribution in [0.25, 0.3) is 10.9 Å². The predicted octanol–water partition coefficient (Wildman–Crippen LogP) is 2.65. The van der Waals surface area contributed by atoms with Crippen molar-refractivity contribution in [3.05, 3.63) is 24.5 Å². The monoisotopic (exact) mass is 291 g/mol. The Balaban J connectivity index is 2.12. The second kappa shape index (κ2) is 5.66. The van der Waals surface area contributed by atoms with Gasteiger partial charge in [-0.1, -0.05) is 11.8 Å². The van der Waals surface area contributed by atoms with Crippen molar-refractivity contribution in [1.29, 1.82) is 0 Å². The highest BCUT2D eigenvalue weighted by Crippen LogP contribution is 2.26. The number of carbonyl (C=O) groups excluding carboxylic acids is 1. The molecule has 0 bridgehead atoms. The van der Waals surface area contributed by atoms with Crippen molar-refractivity contribution in [3.63, 3.8) is 0 Å². The highest BCUT2D eigenvalue weighted by Gasteiger charge is 2.17. The van der Waals surface area contributed by atoms with Gasteiger partial charge in [-0.15, -0.1) is 0 Å². The molecule has 6 heteroatoms. The third-order valence-electron chi connectivity index (χ3n) is 2.37.